The summed E-state index contributed by atoms with van der Waals surface area (Å²) in [6.45, 7) is 8.54. The molecule has 0 radical (unpaired) electrons. The minimum Gasteiger partial charge on any atom is -0.329 e. The molecule has 0 aliphatic heterocycles. The molecule has 0 heterocycles. The minimum atomic E-state index is -0.514. The van der Waals surface area contributed by atoms with Crippen LogP contribution in [0.3, 0.4) is 0 Å². The van der Waals surface area contributed by atoms with Gasteiger partial charge in [0.15, 0.2) is 0 Å². The molecule has 122 valence electrons. The van der Waals surface area contributed by atoms with Crippen molar-refractivity contribution < 1.29 is 4.79 Å². The first-order chi connectivity index (χ1) is 10.8. The molecule has 23 heavy (non-hydrogen) atoms. The Bertz CT molecular complexity index is 680. The van der Waals surface area contributed by atoms with Crippen molar-refractivity contribution in [2.24, 2.45) is 0 Å². The fourth-order valence-electron chi connectivity index (χ4n) is 2.45. The number of benzene rings is 2. The van der Waals surface area contributed by atoms with E-state index in [9.17, 15) is 4.79 Å². The Morgan fingerprint density at radius 3 is 2.39 bits per heavy atom. The average molecular weight is 331 g/mol. The molecule has 1 N–H and O–H groups in total. The second-order valence-corrected chi connectivity index (χ2v) is 6.58. The van der Waals surface area contributed by atoms with E-state index in [4.69, 9.17) is 11.6 Å². The maximum atomic E-state index is 12.7. The van der Waals surface area contributed by atoms with Gasteiger partial charge in [0, 0.05) is 17.3 Å². The quantitative estimate of drug-likeness (QED) is 0.829. The smallest absolute Gasteiger partial charge is 0.322 e. The molecule has 0 spiro atoms. The predicted molar refractivity (Wildman–Crippen MR) is 97.2 cm³/mol. The minimum absolute atomic E-state index is 0.124. The lowest BCUT2D eigenvalue weighted by atomic mass is 9.94. The summed E-state index contributed by atoms with van der Waals surface area (Å²) < 4.78 is 0. The van der Waals surface area contributed by atoms with Crippen molar-refractivity contribution in [2.75, 3.05) is 11.4 Å². The van der Waals surface area contributed by atoms with Crippen molar-refractivity contribution in [1.82, 2.24) is 5.32 Å². The predicted octanol–water partition coefficient (Wildman–Crippen LogP) is 5.12. The van der Waals surface area contributed by atoms with Crippen LogP contribution in [-0.2, 0) is 5.54 Å². The van der Waals surface area contributed by atoms with Crippen LogP contribution in [0.5, 0.6) is 0 Å². The van der Waals surface area contributed by atoms with Gasteiger partial charge in [0.1, 0.15) is 0 Å². The summed E-state index contributed by atoms with van der Waals surface area (Å²) in [5.74, 6) is 0. The number of nitrogens with one attached hydrogen (secondary N) is 1. The van der Waals surface area contributed by atoms with E-state index in [1.54, 1.807) is 4.90 Å². The standard InChI is InChI=1S/C19H23ClN2O/c1-5-22(17-11-9-14(2)10-12-17)18(23)21-19(3,4)15-7-6-8-16(20)13-15/h6-13H,5H2,1-4H3,(H,21,23). The average Bonchev–Trinajstić information content (AvgIpc) is 2.49. The van der Waals surface area contributed by atoms with Crippen LogP contribution in [0.4, 0.5) is 10.5 Å². The van der Waals surface area contributed by atoms with Crippen LogP contribution >= 0.6 is 11.6 Å². The number of hydrogen-bond donors (Lipinski definition) is 1. The number of carbonyl (C=O) groups is 1. The lowest BCUT2D eigenvalue weighted by molar-refractivity contribution is 0.236. The van der Waals surface area contributed by atoms with Gasteiger partial charge in [-0.2, -0.15) is 0 Å². The third-order valence-corrected chi connectivity index (χ3v) is 4.11. The highest BCUT2D eigenvalue weighted by molar-refractivity contribution is 6.30. The van der Waals surface area contributed by atoms with Crippen molar-refractivity contribution in [3.05, 3.63) is 64.7 Å². The van der Waals surface area contributed by atoms with Crippen molar-refractivity contribution in [2.45, 2.75) is 33.2 Å². The zero-order chi connectivity index (χ0) is 17.0. The van der Waals surface area contributed by atoms with E-state index in [2.05, 4.69) is 5.32 Å². The fourth-order valence-corrected chi connectivity index (χ4v) is 2.64. The van der Waals surface area contributed by atoms with Gasteiger partial charge in [-0.05, 0) is 57.5 Å². The molecule has 0 saturated carbocycles. The molecular formula is C19H23ClN2O. The van der Waals surface area contributed by atoms with E-state index >= 15 is 0 Å². The Morgan fingerprint density at radius 2 is 1.83 bits per heavy atom. The molecule has 0 atom stereocenters. The summed E-state index contributed by atoms with van der Waals surface area (Å²) in [7, 11) is 0. The van der Waals surface area contributed by atoms with Crippen molar-refractivity contribution in [3.8, 4) is 0 Å². The Hall–Kier alpha value is -2.00. The Balaban J connectivity index is 2.20. The Morgan fingerprint density at radius 1 is 1.17 bits per heavy atom. The lowest BCUT2D eigenvalue weighted by Crippen LogP contribution is -2.48. The molecule has 2 aromatic rings. The van der Waals surface area contributed by atoms with Crippen LogP contribution in [-0.4, -0.2) is 12.6 Å². The number of aryl methyl sites for hydroxylation is 1. The third-order valence-electron chi connectivity index (χ3n) is 3.87. The number of carbonyl (C=O) groups excluding carboxylic acids is 1. The van der Waals surface area contributed by atoms with Gasteiger partial charge in [-0.1, -0.05) is 41.4 Å². The fraction of sp³-hybridized carbons (Fsp3) is 0.316. The molecule has 3 nitrogen and oxygen atoms in total. The first kappa shape index (κ1) is 17.4. The summed E-state index contributed by atoms with van der Waals surface area (Å²) in [5, 5.41) is 3.75. The molecule has 2 amide bonds. The summed E-state index contributed by atoms with van der Waals surface area (Å²) in [6, 6.07) is 15.4. The van der Waals surface area contributed by atoms with Crippen LogP contribution in [0, 0.1) is 6.92 Å². The van der Waals surface area contributed by atoms with Gasteiger partial charge < -0.3 is 5.32 Å². The maximum absolute atomic E-state index is 12.7. The van der Waals surface area contributed by atoms with Gasteiger partial charge >= 0.3 is 6.03 Å². The SMILES string of the molecule is CCN(C(=O)NC(C)(C)c1cccc(Cl)c1)c1ccc(C)cc1. The van der Waals surface area contributed by atoms with Gasteiger partial charge in [-0.25, -0.2) is 4.79 Å². The van der Waals surface area contributed by atoms with E-state index in [1.807, 2.05) is 76.2 Å². The van der Waals surface area contributed by atoms with E-state index in [0.717, 1.165) is 11.3 Å². The zero-order valence-corrected chi connectivity index (χ0v) is 14.8. The lowest BCUT2D eigenvalue weighted by Gasteiger charge is -2.31. The largest absolute Gasteiger partial charge is 0.329 e. The van der Waals surface area contributed by atoms with E-state index in [-0.39, 0.29) is 6.03 Å². The molecular weight excluding hydrogens is 308 g/mol. The van der Waals surface area contributed by atoms with Crippen molar-refractivity contribution in [3.63, 3.8) is 0 Å². The molecule has 0 unspecified atom stereocenters. The molecule has 0 saturated heterocycles. The number of nitrogens with zero attached hydrogens (tertiary/aromatic N) is 1. The molecule has 0 aliphatic rings. The normalized spacial score (nSPS) is 11.2. The van der Waals surface area contributed by atoms with Crippen molar-refractivity contribution in [1.29, 1.82) is 0 Å². The van der Waals surface area contributed by atoms with Crippen LogP contribution in [0.15, 0.2) is 48.5 Å². The van der Waals surface area contributed by atoms with Gasteiger partial charge in [0.05, 0.1) is 5.54 Å². The van der Waals surface area contributed by atoms with Crippen LogP contribution in [0.2, 0.25) is 5.02 Å². The molecule has 0 aliphatic carbocycles. The second kappa shape index (κ2) is 7.05. The van der Waals surface area contributed by atoms with Crippen LogP contribution in [0.25, 0.3) is 0 Å². The first-order valence-electron chi connectivity index (χ1n) is 7.76. The second-order valence-electron chi connectivity index (χ2n) is 6.15. The summed E-state index contributed by atoms with van der Waals surface area (Å²) in [4.78, 5) is 14.4. The molecule has 2 rings (SSSR count). The zero-order valence-electron chi connectivity index (χ0n) is 14.1. The number of urea groups is 1. The third kappa shape index (κ3) is 4.26. The number of halogens is 1. The monoisotopic (exact) mass is 330 g/mol. The van der Waals surface area contributed by atoms with E-state index in [0.29, 0.717) is 11.6 Å². The Kier molecular flexibility index (Phi) is 5.32. The number of hydrogen-bond acceptors (Lipinski definition) is 1. The molecule has 0 fully saturated rings. The van der Waals surface area contributed by atoms with Crippen LogP contribution < -0.4 is 10.2 Å². The summed E-state index contributed by atoms with van der Waals surface area (Å²) >= 11 is 6.06. The first-order valence-corrected chi connectivity index (χ1v) is 8.13. The summed E-state index contributed by atoms with van der Waals surface area (Å²) in [6.07, 6.45) is 0. The highest BCUT2D eigenvalue weighted by Crippen LogP contribution is 2.24. The number of anilines is 1. The van der Waals surface area contributed by atoms with E-state index < -0.39 is 5.54 Å². The summed E-state index contributed by atoms with van der Waals surface area (Å²) in [5.41, 5.74) is 2.51. The van der Waals surface area contributed by atoms with Gasteiger partial charge in [0.2, 0.25) is 0 Å². The number of amides is 2. The van der Waals surface area contributed by atoms with E-state index in [1.165, 1.54) is 5.56 Å². The van der Waals surface area contributed by atoms with Gasteiger partial charge in [0.25, 0.3) is 0 Å². The van der Waals surface area contributed by atoms with Gasteiger partial charge in [-0.3, -0.25) is 4.90 Å². The molecule has 0 bridgehead atoms. The maximum Gasteiger partial charge on any atom is 0.322 e. The van der Waals surface area contributed by atoms with Crippen molar-refractivity contribution >= 4 is 23.3 Å². The molecule has 2 aromatic carbocycles. The highest BCUT2D eigenvalue weighted by atomic mass is 35.5. The number of rotatable bonds is 4. The molecule has 4 heteroatoms. The Labute approximate surface area is 143 Å². The highest BCUT2D eigenvalue weighted by Gasteiger charge is 2.26. The molecule has 0 aromatic heterocycles. The topological polar surface area (TPSA) is 32.3 Å². The van der Waals surface area contributed by atoms with Gasteiger partial charge in [-0.15, -0.1) is 0 Å². The van der Waals surface area contributed by atoms with Crippen LogP contribution in [0.1, 0.15) is 31.9 Å².